The van der Waals surface area contributed by atoms with Crippen molar-refractivity contribution in [2.75, 3.05) is 33.0 Å². The smallest absolute Gasteiger partial charge is 0.327 e. The van der Waals surface area contributed by atoms with E-state index >= 15 is 0 Å². The Morgan fingerprint density at radius 1 is 0.633 bits per heavy atom. The molecule has 0 fully saturated rings. The standard InChI is InChI=1S/C21H32O9/c1-15(4-7-19(22)23)10-28-13-18(30-12-17(3)6-9-21(26)27)14-29-11-16(2)5-8-20(24)25/h4-9,15-18H,10-14H2,1-3H3,(H,22,23)(H,24,25)(H,26,27)/b7-4+,8-5+,9-6+. The van der Waals surface area contributed by atoms with Crippen LogP contribution in [0.5, 0.6) is 0 Å². The minimum absolute atomic E-state index is 0.0960. The summed E-state index contributed by atoms with van der Waals surface area (Å²) in [5, 5.41) is 26.0. The molecule has 0 aliphatic heterocycles. The van der Waals surface area contributed by atoms with Crippen LogP contribution >= 0.6 is 0 Å². The van der Waals surface area contributed by atoms with Gasteiger partial charge in [-0.05, 0) is 17.8 Å². The van der Waals surface area contributed by atoms with Crippen molar-refractivity contribution in [3.05, 3.63) is 36.5 Å². The second-order valence-electron chi connectivity index (χ2n) is 7.05. The van der Waals surface area contributed by atoms with E-state index in [1.54, 1.807) is 0 Å². The Balaban J connectivity index is 4.57. The van der Waals surface area contributed by atoms with Gasteiger partial charge in [0, 0.05) is 18.2 Å². The summed E-state index contributed by atoms with van der Waals surface area (Å²) >= 11 is 0. The lowest BCUT2D eigenvalue weighted by Gasteiger charge is -2.21. The van der Waals surface area contributed by atoms with Gasteiger partial charge in [-0.3, -0.25) is 0 Å². The average Bonchev–Trinajstić information content (AvgIpc) is 2.66. The van der Waals surface area contributed by atoms with Gasteiger partial charge in [0.05, 0.1) is 33.0 Å². The van der Waals surface area contributed by atoms with Crippen molar-refractivity contribution in [2.45, 2.75) is 26.9 Å². The number of carboxylic acid groups (broad SMARTS) is 3. The summed E-state index contributed by atoms with van der Waals surface area (Å²) in [5.74, 6) is -3.39. The minimum Gasteiger partial charge on any atom is -0.478 e. The summed E-state index contributed by atoms with van der Waals surface area (Å²) < 4.78 is 17.0. The molecule has 0 aliphatic carbocycles. The van der Waals surface area contributed by atoms with Crippen molar-refractivity contribution in [2.24, 2.45) is 17.8 Å². The molecular weight excluding hydrogens is 396 g/mol. The minimum atomic E-state index is -1.03. The molecular formula is C21H32O9. The topological polar surface area (TPSA) is 140 Å². The molecule has 3 atom stereocenters. The van der Waals surface area contributed by atoms with Crippen LogP contribution in [-0.4, -0.2) is 72.4 Å². The van der Waals surface area contributed by atoms with E-state index in [1.807, 2.05) is 20.8 Å². The summed E-state index contributed by atoms with van der Waals surface area (Å²) in [4.78, 5) is 31.7. The quantitative estimate of drug-likeness (QED) is 0.298. The van der Waals surface area contributed by atoms with Crippen LogP contribution in [0.1, 0.15) is 20.8 Å². The maximum atomic E-state index is 10.6. The SMILES string of the molecule is CC(/C=C/C(=O)O)COCC(COCC(C)/C=C/C(=O)O)OCC(C)/C=C/C(=O)O. The number of aliphatic carboxylic acids is 3. The number of carboxylic acids is 3. The second kappa shape index (κ2) is 16.3. The highest BCUT2D eigenvalue weighted by atomic mass is 16.6. The molecule has 170 valence electrons. The maximum absolute atomic E-state index is 10.6. The number of rotatable bonds is 17. The van der Waals surface area contributed by atoms with Crippen LogP contribution in [0.15, 0.2) is 36.5 Å². The van der Waals surface area contributed by atoms with Crippen molar-refractivity contribution in [1.29, 1.82) is 0 Å². The van der Waals surface area contributed by atoms with E-state index in [-0.39, 0.29) is 37.6 Å². The average molecular weight is 428 g/mol. The van der Waals surface area contributed by atoms with Gasteiger partial charge in [0.1, 0.15) is 6.10 Å². The molecule has 0 aromatic heterocycles. The normalized spacial score (nSPS) is 16.1. The van der Waals surface area contributed by atoms with E-state index in [2.05, 4.69) is 0 Å². The van der Waals surface area contributed by atoms with Crippen LogP contribution in [0.2, 0.25) is 0 Å². The second-order valence-corrected chi connectivity index (χ2v) is 7.05. The Morgan fingerprint density at radius 3 is 1.30 bits per heavy atom. The van der Waals surface area contributed by atoms with Gasteiger partial charge in [-0.1, -0.05) is 39.0 Å². The first-order valence-corrected chi connectivity index (χ1v) is 9.60. The monoisotopic (exact) mass is 428 g/mol. The Kier molecular flexibility index (Phi) is 15.0. The first kappa shape index (κ1) is 27.5. The van der Waals surface area contributed by atoms with Crippen LogP contribution in [0.3, 0.4) is 0 Å². The number of ether oxygens (including phenoxy) is 3. The lowest BCUT2D eigenvalue weighted by molar-refractivity contribution is -0.132. The fraction of sp³-hybridized carbons (Fsp3) is 0.571. The van der Waals surface area contributed by atoms with Crippen LogP contribution in [0, 0.1) is 17.8 Å². The zero-order chi connectivity index (χ0) is 22.9. The molecule has 0 spiro atoms. The fourth-order valence-electron chi connectivity index (χ4n) is 2.11. The number of hydrogen-bond donors (Lipinski definition) is 3. The van der Waals surface area contributed by atoms with Gasteiger partial charge in [0.15, 0.2) is 0 Å². The molecule has 0 bridgehead atoms. The van der Waals surface area contributed by atoms with Crippen LogP contribution in [0.25, 0.3) is 0 Å². The summed E-state index contributed by atoms with van der Waals surface area (Å²) in [6, 6.07) is 0. The molecule has 3 N–H and O–H groups in total. The summed E-state index contributed by atoms with van der Waals surface area (Å²) in [7, 11) is 0. The first-order valence-electron chi connectivity index (χ1n) is 9.60. The maximum Gasteiger partial charge on any atom is 0.327 e. The molecule has 0 saturated heterocycles. The molecule has 0 aromatic rings. The third-order valence-electron chi connectivity index (χ3n) is 3.67. The first-order chi connectivity index (χ1) is 14.1. The van der Waals surface area contributed by atoms with Crippen molar-refractivity contribution in [1.82, 2.24) is 0 Å². The zero-order valence-corrected chi connectivity index (χ0v) is 17.6. The fourth-order valence-corrected chi connectivity index (χ4v) is 2.11. The number of carbonyl (C=O) groups is 3. The lowest BCUT2D eigenvalue weighted by Crippen LogP contribution is -2.29. The van der Waals surface area contributed by atoms with Gasteiger partial charge in [-0.15, -0.1) is 0 Å². The van der Waals surface area contributed by atoms with Crippen molar-refractivity contribution in [3.63, 3.8) is 0 Å². The van der Waals surface area contributed by atoms with Crippen LogP contribution in [0.4, 0.5) is 0 Å². The van der Waals surface area contributed by atoms with E-state index in [0.29, 0.717) is 13.2 Å². The predicted octanol–water partition coefficient (Wildman–Crippen LogP) is 2.24. The van der Waals surface area contributed by atoms with E-state index in [1.165, 1.54) is 18.2 Å². The van der Waals surface area contributed by atoms with Crippen LogP contribution < -0.4 is 0 Å². The molecule has 9 heteroatoms. The molecule has 0 amide bonds. The molecule has 0 aliphatic rings. The highest BCUT2D eigenvalue weighted by Crippen LogP contribution is 2.07. The summed E-state index contributed by atoms with van der Waals surface area (Å²) in [6.07, 6.45) is 7.36. The molecule has 9 nitrogen and oxygen atoms in total. The number of hydrogen-bond acceptors (Lipinski definition) is 6. The van der Waals surface area contributed by atoms with Crippen molar-refractivity contribution in [3.8, 4) is 0 Å². The van der Waals surface area contributed by atoms with Gasteiger partial charge in [0.25, 0.3) is 0 Å². The van der Waals surface area contributed by atoms with E-state index in [4.69, 9.17) is 29.5 Å². The van der Waals surface area contributed by atoms with E-state index in [0.717, 1.165) is 18.2 Å². The van der Waals surface area contributed by atoms with Gasteiger partial charge in [0.2, 0.25) is 0 Å². The Bertz CT molecular complexity index is 574. The largest absolute Gasteiger partial charge is 0.478 e. The highest BCUT2D eigenvalue weighted by molar-refractivity contribution is 5.80. The predicted molar refractivity (Wildman–Crippen MR) is 109 cm³/mol. The summed E-state index contributed by atoms with van der Waals surface area (Å²) in [5.41, 5.74) is 0. The molecule has 0 radical (unpaired) electrons. The third-order valence-corrected chi connectivity index (χ3v) is 3.67. The lowest BCUT2D eigenvalue weighted by atomic mass is 10.2. The van der Waals surface area contributed by atoms with Gasteiger partial charge >= 0.3 is 17.9 Å². The van der Waals surface area contributed by atoms with Gasteiger partial charge in [-0.2, -0.15) is 0 Å². The Hall–Kier alpha value is -2.49. The Labute approximate surface area is 176 Å². The molecule has 0 rings (SSSR count). The van der Waals surface area contributed by atoms with E-state index in [9.17, 15) is 14.4 Å². The van der Waals surface area contributed by atoms with Gasteiger partial charge < -0.3 is 29.5 Å². The molecule has 30 heavy (non-hydrogen) atoms. The van der Waals surface area contributed by atoms with Gasteiger partial charge in [-0.25, -0.2) is 14.4 Å². The zero-order valence-electron chi connectivity index (χ0n) is 17.6. The molecule has 0 aromatic carbocycles. The van der Waals surface area contributed by atoms with Crippen molar-refractivity contribution < 1.29 is 43.9 Å². The summed E-state index contributed by atoms with van der Waals surface area (Å²) in [6.45, 7) is 6.74. The molecule has 3 unspecified atom stereocenters. The van der Waals surface area contributed by atoms with E-state index < -0.39 is 24.0 Å². The third kappa shape index (κ3) is 17.6. The van der Waals surface area contributed by atoms with Crippen LogP contribution in [-0.2, 0) is 28.6 Å². The Morgan fingerprint density at radius 2 is 0.967 bits per heavy atom. The molecule has 0 heterocycles. The molecule has 0 saturated carbocycles. The van der Waals surface area contributed by atoms with Crippen molar-refractivity contribution >= 4 is 17.9 Å². The highest BCUT2D eigenvalue weighted by Gasteiger charge is 2.13.